The highest BCUT2D eigenvalue weighted by Gasteiger charge is 2.33. The molecule has 1 saturated carbocycles. The molecule has 1 unspecified atom stereocenters. The van der Waals surface area contributed by atoms with E-state index < -0.39 is 0 Å². The van der Waals surface area contributed by atoms with E-state index in [0.29, 0.717) is 12.0 Å². The number of nitrogens with zero attached hydrogens (tertiary/aromatic N) is 1. The number of hydrogen-bond donors (Lipinski definition) is 1. The van der Waals surface area contributed by atoms with Crippen LogP contribution in [-0.2, 0) is 4.79 Å². The lowest BCUT2D eigenvalue weighted by Gasteiger charge is -2.38. The first kappa shape index (κ1) is 14.9. The third kappa shape index (κ3) is 3.12. The molecule has 1 aromatic rings. The molecule has 0 spiro atoms. The van der Waals surface area contributed by atoms with E-state index in [0.717, 1.165) is 18.6 Å². The molecule has 1 aliphatic carbocycles. The molecule has 0 aliphatic heterocycles. The third-order valence-corrected chi connectivity index (χ3v) is 4.01. The summed E-state index contributed by atoms with van der Waals surface area (Å²) >= 11 is 0. The molecule has 20 heavy (non-hydrogen) atoms. The van der Waals surface area contributed by atoms with Gasteiger partial charge in [0.2, 0.25) is 5.91 Å². The number of carbonyl (C=O) groups is 1. The van der Waals surface area contributed by atoms with Gasteiger partial charge in [0.05, 0.1) is 13.2 Å². The van der Waals surface area contributed by atoms with E-state index in [1.807, 2.05) is 19.1 Å². The fraction of sp³-hybridized carbons (Fsp3) is 0.562. The molecule has 4 heteroatoms. The van der Waals surface area contributed by atoms with E-state index in [-0.39, 0.29) is 11.9 Å². The average Bonchev–Trinajstić information content (AvgIpc) is 2.41. The molecule has 110 valence electrons. The van der Waals surface area contributed by atoms with Gasteiger partial charge in [-0.15, -0.1) is 0 Å². The summed E-state index contributed by atoms with van der Waals surface area (Å²) in [5.41, 5.74) is 1.28. The van der Waals surface area contributed by atoms with Gasteiger partial charge < -0.3 is 15.0 Å². The zero-order valence-electron chi connectivity index (χ0n) is 12.7. The van der Waals surface area contributed by atoms with Crippen molar-refractivity contribution in [1.82, 2.24) is 10.2 Å². The molecule has 1 aliphatic rings. The maximum Gasteiger partial charge on any atom is 0.238 e. The first-order valence-electron chi connectivity index (χ1n) is 7.13. The van der Waals surface area contributed by atoms with Crippen molar-refractivity contribution in [1.29, 1.82) is 0 Å². The highest BCUT2D eigenvalue weighted by Crippen LogP contribution is 2.41. The summed E-state index contributed by atoms with van der Waals surface area (Å²) in [5.74, 6) is 1.63. The predicted molar refractivity (Wildman–Crippen MR) is 80.0 cm³/mol. The minimum Gasteiger partial charge on any atom is -0.496 e. The summed E-state index contributed by atoms with van der Waals surface area (Å²) in [6.45, 7) is 1.93. The monoisotopic (exact) mass is 276 g/mol. The number of para-hydroxylation sites is 1. The molecule has 2 rings (SSSR count). The molecule has 1 N–H and O–H groups in total. The van der Waals surface area contributed by atoms with Crippen molar-refractivity contribution >= 4 is 5.91 Å². The van der Waals surface area contributed by atoms with Gasteiger partial charge in [-0.05, 0) is 37.3 Å². The molecule has 1 amide bonds. The van der Waals surface area contributed by atoms with Gasteiger partial charge in [-0.3, -0.25) is 4.79 Å². The molecule has 0 radical (unpaired) electrons. The van der Waals surface area contributed by atoms with E-state index in [1.165, 1.54) is 5.56 Å². The van der Waals surface area contributed by atoms with Crippen LogP contribution in [0.5, 0.6) is 5.75 Å². The topological polar surface area (TPSA) is 41.6 Å². The van der Waals surface area contributed by atoms with Crippen LogP contribution in [0.3, 0.4) is 0 Å². The van der Waals surface area contributed by atoms with Gasteiger partial charge in [0.1, 0.15) is 5.75 Å². The van der Waals surface area contributed by atoms with Gasteiger partial charge in [-0.1, -0.05) is 18.2 Å². The standard InChI is InChI=1S/C16H24N2O2/c1-11(16(19)18(2)3)17-13-9-12(10-13)14-7-5-6-8-15(14)20-4/h5-8,11-13,17H,9-10H2,1-4H3. The number of amides is 1. The third-order valence-electron chi connectivity index (χ3n) is 4.01. The van der Waals surface area contributed by atoms with Crippen LogP contribution in [0.15, 0.2) is 24.3 Å². The SMILES string of the molecule is COc1ccccc1C1CC(NC(C)C(=O)N(C)C)C1. The molecular formula is C16H24N2O2. The molecule has 1 fully saturated rings. The van der Waals surface area contributed by atoms with Crippen LogP contribution in [0, 0.1) is 0 Å². The minimum absolute atomic E-state index is 0.117. The number of ether oxygens (including phenoxy) is 1. The largest absolute Gasteiger partial charge is 0.496 e. The van der Waals surface area contributed by atoms with Gasteiger partial charge in [0.15, 0.2) is 0 Å². The van der Waals surface area contributed by atoms with E-state index in [9.17, 15) is 4.79 Å². The lowest BCUT2D eigenvalue weighted by atomic mass is 9.75. The van der Waals surface area contributed by atoms with Crippen LogP contribution < -0.4 is 10.1 Å². The van der Waals surface area contributed by atoms with Crippen LogP contribution in [0.25, 0.3) is 0 Å². The Morgan fingerprint density at radius 3 is 2.60 bits per heavy atom. The van der Waals surface area contributed by atoms with Crippen molar-refractivity contribution in [3.63, 3.8) is 0 Å². The zero-order valence-corrected chi connectivity index (χ0v) is 12.7. The summed E-state index contributed by atoms with van der Waals surface area (Å²) in [6, 6.07) is 8.49. The molecule has 0 saturated heterocycles. The number of nitrogens with one attached hydrogen (secondary N) is 1. The van der Waals surface area contributed by atoms with E-state index in [4.69, 9.17) is 4.74 Å². The number of benzene rings is 1. The van der Waals surface area contributed by atoms with Crippen LogP contribution in [0.2, 0.25) is 0 Å². The van der Waals surface area contributed by atoms with Gasteiger partial charge in [-0.2, -0.15) is 0 Å². The van der Waals surface area contributed by atoms with Crippen molar-refractivity contribution in [2.45, 2.75) is 37.8 Å². The minimum atomic E-state index is -0.117. The Morgan fingerprint density at radius 1 is 1.35 bits per heavy atom. The lowest BCUT2D eigenvalue weighted by Crippen LogP contribution is -2.50. The van der Waals surface area contributed by atoms with Crippen molar-refractivity contribution in [2.24, 2.45) is 0 Å². The normalized spacial score (nSPS) is 22.8. The van der Waals surface area contributed by atoms with Crippen LogP contribution in [0.1, 0.15) is 31.2 Å². The summed E-state index contributed by atoms with van der Waals surface area (Å²) < 4.78 is 5.41. The lowest BCUT2D eigenvalue weighted by molar-refractivity contribution is -0.130. The number of carbonyl (C=O) groups excluding carboxylic acids is 1. The van der Waals surface area contributed by atoms with Crippen LogP contribution >= 0.6 is 0 Å². The highest BCUT2D eigenvalue weighted by molar-refractivity contribution is 5.80. The maximum atomic E-state index is 11.8. The second kappa shape index (κ2) is 6.27. The quantitative estimate of drug-likeness (QED) is 0.894. The Balaban J connectivity index is 1.87. The molecule has 1 atom stereocenters. The van der Waals surface area contributed by atoms with E-state index >= 15 is 0 Å². The average molecular weight is 276 g/mol. The second-order valence-corrected chi connectivity index (χ2v) is 5.73. The van der Waals surface area contributed by atoms with Crippen molar-refractivity contribution in [3.8, 4) is 5.75 Å². The van der Waals surface area contributed by atoms with Gasteiger partial charge in [0, 0.05) is 20.1 Å². The van der Waals surface area contributed by atoms with Crippen molar-refractivity contribution in [2.75, 3.05) is 21.2 Å². The zero-order chi connectivity index (χ0) is 14.7. The van der Waals surface area contributed by atoms with Crippen LogP contribution in [0.4, 0.5) is 0 Å². The molecule has 4 nitrogen and oxygen atoms in total. The Morgan fingerprint density at radius 2 is 2.00 bits per heavy atom. The fourth-order valence-electron chi connectivity index (χ4n) is 2.82. The first-order valence-corrected chi connectivity index (χ1v) is 7.13. The summed E-state index contributed by atoms with van der Waals surface area (Å²) in [7, 11) is 5.29. The highest BCUT2D eigenvalue weighted by atomic mass is 16.5. The van der Waals surface area contributed by atoms with Crippen molar-refractivity contribution < 1.29 is 9.53 Å². The van der Waals surface area contributed by atoms with Gasteiger partial charge in [-0.25, -0.2) is 0 Å². The molecular weight excluding hydrogens is 252 g/mol. The van der Waals surface area contributed by atoms with Crippen molar-refractivity contribution in [3.05, 3.63) is 29.8 Å². The Labute approximate surface area is 121 Å². The second-order valence-electron chi connectivity index (χ2n) is 5.73. The summed E-state index contributed by atoms with van der Waals surface area (Å²) in [5, 5.41) is 3.40. The number of likely N-dealkylation sites (N-methyl/N-ethyl adjacent to an activating group) is 1. The Bertz CT molecular complexity index is 467. The summed E-state index contributed by atoms with van der Waals surface area (Å²) in [4.78, 5) is 13.4. The Hall–Kier alpha value is -1.55. The molecule has 0 heterocycles. The Kier molecular flexibility index (Phi) is 4.65. The number of hydrogen-bond acceptors (Lipinski definition) is 3. The maximum absolute atomic E-state index is 11.8. The van der Waals surface area contributed by atoms with Gasteiger partial charge >= 0.3 is 0 Å². The molecule has 1 aromatic carbocycles. The van der Waals surface area contributed by atoms with E-state index in [1.54, 1.807) is 26.1 Å². The van der Waals surface area contributed by atoms with E-state index in [2.05, 4.69) is 17.4 Å². The first-order chi connectivity index (χ1) is 9.52. The number of methoxy groups -OCH3 is 1. The smallest absolute Gasteiger partial charge is 0.238 e. The predicted octanol–water partition coefficient (Wildman–Crippen LogP) is 2.01. The summed E-state index contributed by atoms with van der Waals surface area (Å²) in [6.07, 6.45) is 2.12. The molecule has 0 aromatic heterocycles. The van der Waals surface area contributed by atoms with Crippen LogP contribution in [-0.4, -0.2) is 44.1 Å². The molecule has 0 bridgehead atoms. The number of rotatable bonds is 5. The van der Waals surface area contributed by atoms with Gasteiger partial charge in [0.25, 0.3) is 0 Å². The fourth-order valence-corrected chi connectivity index (χ4v) is 2.82.